The van der Waals surface area contributed by atoms with Crippen LogP contribution >= 0.6 is 0 Å². The zero-order valence-corrected chi connectivity index (χ0v) is 14.1. The third-order valence-electron chi connectivity index (χ3n) is 3.92. The Bertz CT molecular complexity index is 679. The van der Waals surface area contributed by atoms with Crippen LogP contribution in [0, 0.1) is 11.8 Å². The minimum atomic E-state index is -1.03. The summed E-state index contributed by atoms with van der Waals surface area (Å²) in [7, 11) is 1.24. The summed E-state index contributed by atoms with van der Waals surface area (Å²) in [6, 6.07) is 9.34. The third-order valence-corrected chi connectivity index (χ3v) is 3.92. The van der Waals surface area contributed by atoms with Crippen molar-refractivity contribution in [3.8, 4) is 11.8 Å². The summed E-state index contributed by atoms with van der Waals surface area (Å²) in [5.41, 5.74) is -0.311. The van der Waals surface area contributed by atoms with Crippen LogP contribution in [-0.4, -0.2) is 19.0 Å². The van der Waals surface area contributed by atoms with Gasteiger partial charge < -0.3 is 9.47 Å². The van der Waals surface area contributed by atoms with Crippen LogP contribution in [0.2, 0.25) is 0 Å². The summed E-state index contributed by atoms with van der Waals surface area (Å²) in [5.74, 6) is 4.87. The van der Waals surface area contributed by atoms with Crippen LogP contribution in [0.3, 0.4) is 0 Å². The average molecular weight is 326 g/mol. The van der Waals surface area contributed by atoms with Gasteiger partial charge in [0.1, 0.15) is 5.57 Å². The van der Waals surface area contributed by atoms with Gasteiger partial charge >= 0.3 is 11.9 Å². The first-order valence-electron chi connectivity index (χ1n) is 8.18. The van der Waals surface area contributed by atoms with E-state index in [-0.39, 0.29) is 5.57 Å². The number of cyclic esters (lactones) is 1. The number of hydrogen-bond donors (Lipinski definition) is 0. The molecule has 0 amide bonds. The number of carbonyl (C=O) groups is 2. The van der Waals surface area contributed by atoms with Crippen molar-refractivity contribution in [3.63, 3.8) is 0 Å². The number of carbonyl (C=O) groups excluding carboxylic acids is 2. The van der Waals surface area contributed by atoms with E-state index in [0.717, 1.165) is 31.2 Å². The number of unbranched alkanes of at least 4 members (excludes halogenated alkanes) is 3. The first-order valence-corrected chi connectivity index (χ1v) is 8.18. The molecular weight excluding hydrogens is 304 g/mol. The lowest BCUT2D eigenvalue weighted by molar-refractivity contribution is -0.150. The number of rotatable bonds is 6. The molecule has 2 rings (SSSR count). The average Bonchev–Trinajstić information content (AvgIpc) is 2.96. The van der Waals surface area contributed by atoms with Crippen LogP contribution in [0.15, 0.2) is 42.0 Å². The van der Waals surface area contributed by atoms with Gasteiger partial charge in [-0.2, -0.15) is 0 Å². The number of hydrogen-bond acceptors (Lipinski definition) is 4. The van der Waals surface area contributed by atoms with Crippen molar-refractivity contribution in [3.05, 3.63) is 47.5 Å². The zero-order chi connectivity index (χ0) is 17.4. The monoisotopic (exact) mass is 326 g/mol. The molecule has 24 heavy (non-hydrogen) atoms. The fraction of sp³-hybridized carbons (Fsp3) is 0.400. The third kappa shape index (κ3) is 4.05. The maximum Gasteiger partial charge on any atom is 0.346 e. The van der Waals surface area contributed by atoms with Crippen molar-refractivity contribution in [2.75, 3.05) is 7.11 Å². The van der Waals surface area contributed by atoms with Crippen molar-refractivity contribution in [2.45, 2.75) is 44.6 Å². The van der Waals surface area contributed by atoms with E-state index in [1.165, 1.54) is 13.2 Å². The van der Waals surface area contributed by atoms with Crippen LogP contribution in [-0.2, 0) is 24.7 Å². The molecule has 0 saturated carbocycles. The zero-order valence-electron chi connectivity index (χ0n) is 14.1. The van der Waals surface area contributed by atoms with E-state index in [1.807, 2.05) is 30.3 Å². The van der Waals surface area contributed by atoms with Gasteiger partial charge in [0.05, 0.1) is 13.5 Å². The summed E-state index contributed by atoms with van der Waals surface area (Å²) in [6.45, 7) is 2.15. The lowest BCUT2D eigenvalue weighted by Crippen LogP contribution is -2.25. The van der Waals surface area contributed by atoms with E-state index in [2.05, 4.69) is 23.5 Å². The van der Waals surface area contributed by atoms with Crippen LogP contribution < -0.4 is 0 Å². The number of esters is 2. The maximum absolute atomic E-state index is 12.1. The normalized spacial score (nSPS) is 19.1. The van der Waals surface area contributed by atoms with E-state index in [9.17, 15) is 9.59 Å². The highest BCUT2D eigenvalue weighted by atomic mass is 16.6. The SMILES string of the molecule is CCCCCC#CCC1(c2ccccc2)C=C(C(=O)OC)C(=O)O1. The van der Waals surface area contributed by atoms with Crippen molar-refractivity contribution < 1.29 is 19.1 Å². The second-order valence-electron chi connectivity index (χ2n) is 5.68. The van der Waals surface area contributed by atoms with Crippen molar-refractivity contribution in [1.29, 1.82) is 0 Å². The van der Waals surface area contributed by atoms with Gasteiger partial charge in [-0.1, -0.05) is 56.0 Å². The Morgan fingerprint density at radius 2 is 1.96 bits per heavy atom. The summed E-state index contributed by atoms with van der Waals surface area (Å²) in [5, 5.41) is 0. The minimum Gasteiger partial charge on any atom is -0.465 e. The molecule has 0 bridgehead atoms. The number of methoxy groups -OCH3 is 1. The molecule has 0 spiro atoms. The van der Waals surface area contributed by atoms with Gasteiger partial charge in [0.2, 0.25) is 0 Å². The molecule has 0 saturated heterocycles. The Labute approximate surface area is 142 Å². The van der Waals surface area contributed by atoms with Gasteiger partial charge in [0, 0.05) is 12.0 Å². The summed E-state index contributed by atoms with van der Waals surface area (Å²) >= 11 is 0. The molecule has 0 aromatic heterocycles. The van der Waals surface area contributed by atoms with Gasteiger partial charge in [0.25, 0.3) is 0 Å². The quantitative estimate of drug-likeness (QED) is 0.347. The van der Waals surface area contributed by atoms with Crippen molar-refractivity contribution in [1.82, 2.24) is 0 Å². The second kappa shape index (κ2) is 8.35. The molecule has 4 heteroatoms. The van der Waals surface area contributed by atoms with Crippen molar-refractivity contribution in [2.24, 2.45) is 0 Å². The summed E-state index contributed by atoms with van der Waals surface area (Å²) in [6.07, 6.45) is 6.04. The molecule has 0 aliphatic carbocycles. The maximum atomic E-state index is 12.1. The predicted octanol–water partition coefficient (Wildman–Crippen LogP) is 3.51. The van der Waals surface area contributed by atoms with Crippen LogP contribution in [0.1, 0.15) is 44.6 Å². The Kier molecular flexibility index (Phi) is 6.20. The van der Waals surface area contributed by atoms with E-state index in [4.69, 9.17) is 4.74 Å². The molecule has 0 radical (unpaired) electrons. The highest BCUT2D eigenvalue weighted by Gasteiger charge is 2.43. The molecular formula is C20H22O4. The minimum absolute atomic E-state index is 0.0749. The second-order valence-corrected chi connectivity index (χ2v) is 5.68. The van der Waals surface area contributed by atoms with E-state index < -0.39 is 17.5 Å². The molecule has 0 N–H and O–H groups in total. The number of ether oxygens (including phenoxy) is 2. The van der Waals surface area contributed by atoms with Crippen LogP contribution in [0.5, 0.6) is 0 Å². The van der Waals surface area contributed by atoms with Gasteiger partial charge in [-0.25, -0.2) is 9.59 Å². The fourth-order valence-electron chi connectivity index (χ4n) is 2.59. The molecule has 4 nitrogen and oxygen atoms in total. The van der Waals surface area contributed by atoms with Gasteiger partial charge in [0.15, 0.2) is 5.60 Å². The van der Waals surface area contributed by atoms with Crippen LogP contribution in [0.4, 0.5) is 0 Å². The smallest absolute Gasteiger partial charge is 0.346 e. The molecule has 1 heterocycles. The largest absolute Gasteiger partial charge is 0.465 e. The lowest BCUT2D eigenvalue weighted by atomic mass is 9.90. The molecule has 1 aromatic carbocycles. The molecule has 126 valence electrons. The first-order chi connectivity index (χ1) is 11.6. The van der Waals surface area contributed by atoms with Crippen molar-refractivity contribution >= 4 is 11.9 Å². The van der Waals surface area contributed by atoms with E-state index >= 15 is 0 Å². The summed E-state index contributed by atoms with van der Waals surface area (Å²) in [4.78, 5) is 23.9. The van der Waals surface area contributed by atoms with E-state index in [1.54, 1.807) is 0 Å². The molecule has 1 unspecified atom stereocenters. The van der Waals surface area contributed by atoms with Gasteiger partial charge in [-0.05, 0) is 12.5 Å². The molecule has 0 fully saturated rings. The van der Waals surface area contributed by atoms with Crippen LogP contribution in [0.25, 0.3) is 0 Å². The fourth-order valence-corrected chi connectivity index (χ4v) is 2.59. The van der Waals surface area contributed by atoms with E-state index in [0.29, 0.717) is 6.42 Å². The molecule has 1 aliphatic rings. The molecule has 1 atom stereocenters. The predicted molar refractivity (Wildman–Crippen MR) is 90.8 cm³/mol. The topological polar surface area (TPSA) is 52.6 Å². The standard InChI is InChI=1S/C20H22O4/c1-3-4-5-6-7-11-14-20(16-12-9-8-10-13-16)15-17(18(21)23-2)19(22)24-20/h8-10,12-13,15H,3-6,14H2,1-2H3. The van der Waals surface area contributed by atoms with Gasteiger partial charge in [-0.3, -0.25) is 0 Å². The summed E-state index contributed by atoms with van der Waals surface area (Å²) < 4.78 is 10.2. The lowest BCUT2D eigenvalue weighted by Gasteiger charge is -2.24. The first kappa shape index (κ1) is 17.8. The Morgan fingerprint density at radius 3 is 2.62 bits per heavy atom. The van der Waals surface area contributed by atoms with Gasteiger partial charge in [-0.15, -0.1) is 5.92 Å². The Balaban J connectivity index is 2.26. The Morgan fingerprint density at radius 1 is 1.21 bits per heavy atom. The highest BCUT2D eigenvalue weighted by Crippen LogP contribution is 2.38. The molecule has 1 aliphatic heterocycles. The number of benzene rings is 1. The Hall–Kier alpha value is -2.54. The molecule has 1 aromatic rings. The highest BCUT2D eigenvalue weighted by molar-refractivity contribution is 6.15.